The van der Waals surface area contributed by atoms with Gasteiger partial charge in [0.15, 0.2) is 0 Å². The zero-order valence-electron chi connectivity index (χ0n) is 10.7. The Morgan fingerprint density at radius 3 is 2.33 bits per heavy atom. The van der Waals surface area contributed by atoms with Gasteiger partial charge >= 0.3 is 11.9 Å². The minimum Gasteiger partial charge on any atom is -0.491 e. The van der Waals surface area contributed by atoms with E-state index in [9.17, 15) is 9.59 Å². The zero-order valence-corrected chi connectivity index (χ0v) is 10.7. The van der Waals surface area contributed by atoms with Crippen molar-refractivity contribution in [3.05, 3.63) is 29.8 Å². The van der Waals surface area contributed by atoms with E-state index in [1.807, 2.05) is 38.1 Å². The SMILES string of the molecule is COC(=O)C(=O)NCc1ccc(OC(C)C)cc1. The number of hydrogen-bond acceptors (Lipinski definition) is 4. The molecule has 0 saturated heterocycles. The largest absolute Gasteiger partial charge is 0.491 e. The lowest BCUT2D eigenvalue weighted by Crippen LogP contribution is -2.31. The molecule has 5 heteroatoms. The van der Waals surface area contributed by atoms with Gasteiger partial charge in [-0.15, -0.1) is 0 Å². The van der Waals surface area contributed by atoms with Crippen LogP contribution in [0.4, 0.5) is 0 Å². The first-order valence-electron chi connectivity index (χ1n) is 5.64. The molecule has 1 aromatic carbocycles. The summed E-state index contributed by atoms with van der Waals surface area (Å²) >= 11 is 0. The monoisotopic (exact) mass is 251 g/mol. The molecule has 0 aliphatic rings. The van der Waals surface area contributed by atoms with Crippen LogP contribution in [0, 0.1) is 0 Å². The molecule has 1 N–H and O–H groups in total. The summed E-state index contributed by atoms with van der Waals surface area (Å²) in [6, 6.07) is 7.30. The number of rotatable bonds is 4. The molecule has 5 nitrogen and oxygen atoms in total. The standard InChI is InChI=1S/C13H17NO4/c1-9(2)18-11-6-4-10(5-7-11)8-14-12(15)13(16)17-3/h4-7,9H,8H2,1-3H3,(H,14,15). The van der Waals surface area contributed by atoms with E-state index < -0.39 is 11.9 Å². The summed E-state index contributed by atoms with van der Waals surface area (Å²) in [6.45, 7) is 4.17. The van der Waals surface area contributed by atoms with E-state index in [-0.39, 0.29) is 12.6 Å². The molecule has 0 heterocycles. The van der Waals surface area contributed by atoms with Crippen LogP contribution in [0.15, 0.2) is 24.3 Å². The average Bonchev–Trinajstić information content (AvgIpc) is 2.36. The molecule has 0 spiro atoms. The Hall–Kier alpha value is -2.04. The average molecular weight is 251 g/mol. The van der Waals surface area contributed by atoms with Crippen molar-refractivity contribution in [2.24, 2.45) is 0 Å². The van der Waals surface area contributed by atoms with Gasteiger partial charge < -0.3 is 14.8 Å². The maximum atomic E-state index is 11.1. The molecule has 0 unspecified atom stereocenters. The number of carbonyl (C=O) groups is 2. The van der Waals surface area contributed by atoms with Crippen LogP contribution in [-0.4, -0.2) is 25.1 Å². The van der Waals surface area contributed by atoms with Crippen LogP contribution in [0.25, 0.3) is 0 Å². The van der Waals surface area contributed by atoms with Crippen LogP contribution in [-0.2, 0) is 20.9 Å². The highest BCUT2D eigenvalue weighted by molar-refractivity contribution is 6.32. The summed E-state index contributed by atoms with van der Waals surface area (Å²) < 4.78 is 9.78. The fourth-order valence-corrected chi connectivity index (χ4v) is 1.31. The van der Waals surface area contributed by atoms with Gasteiger partial charge in [0, 0.05) is 6.54 Å². The molecule has 0 fully saturated rings. The second-order valence-corrected chi connectivity index (χ2v) is 3.98. The van der Waals surface area contributed by atoms with Gasteiger partial charge in [-0.1, -0.05) is 12.1 Å². The predicted molar refractivity (Wildman–Crippen MR) is 66.1 cm³/mol. The van der Waals surface area contributed by atoms with Crippen molar-refractivity contribution in [3.8, 4) is 5.75 Å². The summed E-state index contributed by atoms with van der Waals surface area (Å²) in [5.41, 5.74) is 0.878. The van der Waals surface area contributed by atoms with Crippen LogP contribution in [0.5, 0.6) is 5.75 Å². The molecule has 0 aliphatic heterocycles. The molecule has 98 valence electrons. The molecule has 1 aromatic rings. The zero-order chi connectivity index (χ0) is 13.5. The number of nitrogens with one attached hydrogen (secondary N) is 1. The van der Waals surface area contributed by atoms with Crippen LogP contribution in [0.2, 0.25) is 0 Å². The third-order valence-electron chi connectivity index (χ3n) is 2.12. The Bertz CT molecular complexity index is 412. The van der Waals surface area contributed by atoms with Crippen LogP contribution in [0.3, 0.4) is 0 Å². The summed E-state index contributed by atoms with van der Waals surface area (Å²) in [7, 11) is 1.17. The number of hydrogen-bond donors (Lipinski definition) is 1. The van der Waals surface area contributed by atoms with E-state index in [4.69, 9.17) is 4.74 Å². The number of methoxy groups -OCH3 is 1. The lowest BCUT2D eigenvalue weighted by molar-refractivity contribution is -0.152. The molecule has 0 radical (unpaired) electrons. The molecule has 0 aliphatic carbocycles. The third-order valence-corrected chi connectivity index (χ3v) is 2.12. The fraction of sp³-hybridized carbons (Fsp3) is 0.385. The summed E-state index contributed by atoms with van der Waals surface area (Å²) in [5, 5.41) is 2.46. The number of benzene rings is 1. The van der Waals surface area contributed by atoms with Gasteiger partial charge in [-0.05, 0) is 31.5 Å². The molecule has 0 saturated carbocycles. The van der Waals surface area contributed by atoms with E-state index in [1.165, 1.54) is 7.11 Å². The van der Waals surface area contributed by atoms with E-state index in [0.29, 0.717) is 0 Å². The van der Waals surface area contributed by atoms with Gasteiger partial charge in [-0.3, -0.25) is 4.79 Å². The quantitative estimate of drug-likeness (QED) is 0.646. The Labute approximate surface area is 106 Å². The maximum Gasteiger partial charge on any atom is 0.396 e. The van der Waals surface area contributed by atoms with Crippen LogP contribution in [0.1, 0.15) is 19.4 Å². The van der Waals surface area contributed by atoms with Crippen molar-refractivity contribution in [1.82, 2.24) is 5.32 Å². The Kier molecular flexibility index (Phi) is 5.17. The topological polar surface area (TPSA) is 64.6 Å². The molecule has 1 amide bonds. The third kappa shape index (κ3) is 4.45. The summed E-state index contributed by atoms with van der Waals surface area (Å²) in [5.74, 6) is -0.872. The van der Waals surface area contributed by atoms with Crippen LogP contribution < -0.4 is 10.1 Å². The molecule has 0 aromatic heterocycles. The number of carbonyl (C=O) groups excluding carboxylic acids is 2. The van der Waals surface area contributed by atoms with Gasteiger partial charge in [0.1, 0.15) is 5.75 Å². The van der Waals surface area contributed by atoms with E-state index in [0.717, 1.165) is 11.3 Å². The molecule has 0 atom stereocenters. The van der Waals surface area contributed by atoms with Gasteiger partial charge in [0.25, 0.3) is 0 Å². The number of esters is 1. The number of amides is 1. The first-order chi connectivity index (χ1) is 8.52. The predicted octanol–water partition coefficient (Wildman–Crippen LogP) is 1.26. The van der Waals surface area contributed by atoms with Gasteiger partial charge in [0.05, 0.1) is 13.2 Å². The molecular formula is C13H17NO4. The summed E-state index contributed by atoms with van der Waals surface area (Å²) in [4.78, 5) is 22.0. The van der Waals surface area contributed by atoms with Crippen molar-refractivity contribution >= 4 is 11.9 Å². The minimum absolute atomic E-state index is 0.120. The van der Waals surface area contributed by atoms with Crippen molar-refractivity contribution in [1.29, 1.82) is 0 Å². The highest BCUT2D eigenvalue weighted by atomic mass is 16.5. The van der Waals surface area contributed by atoms with E-state index in [1.54, 1.807) is 0 Å². The molecule has 0 bridgehead atoms. The molecule has 18 heavy (non-hydrogen) atoms. The van der Waals surface area contributed by atoms with Crippen molar-refractivity contribution in [2.75, 3.05) is 7.11 Å². The number of ether oxygens (including phenoxy) is 2. The lowest BCUT2D eigenvalue weighted by Gasteiger charge is -2.10. The lowest BCUT2D eigenvalue weighted by atomic mass is 10.2. The maximum absolute atomic E-state index is 11.1. The van der Waals surface area contributed by atoms with E-state index in [2.05, 4.69) is 10.1 Å². The first kappa shape index (κ1) is 14.0. The molecular weight excluding hydrogens is 234 g/mol. The van der Waals surface area contributed by atoms with Crippen molar-refractivity contribution in [2.45, 2.75) is 26.5 Å². The van der Waals surface area contributed by atoms with Crippen molar-refractivity contribution in [3.63, 3.8) is 0 Å². The highest BCUT2D eigenvalue weighted by Crippen LogP contribution is 2.13. The highest BCUT2D eigenvalue weighted by Gasteiger charge is 2.12. The van der Waals surface area contributed by atoms with Crippen molar-refractivity contribution < 1.29 is 19.1 Å². The molecule has 1 rings (SSSR count). The second-order valence-electron chi connectivity index (χ2n) is 3.98. The second kappa shape index (κ2) is 6.64. The first-order valence-corrected chi connectivity index (χ1v) is 5.64. The Morgan fingerprint density at radius 2 is 1.83 bits per heavy atom. The normalized spacial score (nSPS) is 10.0. The Morgan fingerprint density at radius 1 is 1.22 bits per heavy atom. The Balaban J connectivity index is 2.49. The summed E-state index contributed by atoms with van der Waals surface area (Å²) in [6.07, 6.45) is 0.120. The minimum atomic E-state index is -0.894. The van der Waals surface area contributed by atoms with E-state index >= 15 is 0 Å². The smallest absolute Gasteiger partial charge is 0.396 e. The van der Waals surface area contributed by atoms with Gasteiger partial charge in [0.2, 0.25) is 0 Å². The fourth-order valence-electron chi connectivity index (χ4n) is 1.31. The van der Waals surface area contributed by atoms with Gasteiger partial charge in [-0.25, -0.2) is 4.79 Å². The van der Waals surface area contributed by atoms with Crippen LogP contribution >= 0.6 is 0 Å². The van der Waals surface area contributed by atoms with Gasteiger partial charge in [-0.2, -0.15) is 0 Å².